The average Bonchev–Trinajstić information content (AvgIpc) is 3.06. The molecule has 0 spiro atoms. The summed E-state index contributed by atoms with van der Waals surface area (Å²) in [6.07, 6.45) is 0. The first-order chi connectivity index (χ1) is 11.8. The number of benzene rings is 1. The molecule has 24 heavy (non-hydrogen) atoms. The molecule has 130 valence electrons. The summed E-state index contributed by atoms with van der Waals surface area (Å²) in [6.45, 7) is 8.05. The number of rotatable bonds is 7. The predicted molar refractivity (Wildman–Crippen MR) is 89.7 cm³/mol. The second kappa shape index (κ2) is 8.23. The zero-order valence-corrected chi connectivity index (χ0v) is 14.0. The predicted octanol–water partition coefficient (Wildman–Crippen LogP) is 1.25. The van der Waals surface area contributed by atoms with Gasteiger partial charge >= 0.3 is 0 Å². The average molecular weight is 332 g/mol. The van der Waals surface area contributed by atoms with E-state index in [4.69, 9.17) is 14.4 Å². The van der Waals surface area contributed by atoms with E-state index in [0.29, 0.717) is 24.9 Å². The topological polar surface area (TPSA) is 74.9 Å². The van der Waals surface area contributed by atoms with Crippen molar-refractivity contribution in [2.24, 2.45) is 0 Å². The van der Waals surface area contributed by atoms with Gasteiger partial charge in [-0.3, -0.25) is 9.80 Å². The molecular formula is C17H24N4O3. The molecule has 1 saturated heterocycles. The number of nitrogens with zero attached hydrogens (tertiary/aromatic N) is 4. The molecule has 1 aliphatic heterocycles. The summed E-state index contributed by atoms with van der Waals surface area (Å²) in [5, 5.41) is 13.1. The molecule has 1 fully saturated rings. The summed E-state index contributed by atoms with van der Waals surface area (Å²) in [7, 11) is 0. The number of piperazine rings is 1. The molecule has 1 N–H and O–H groups in total. The molecular weight excluding hydrogens is 308 g/mol. The Bertz CT molecular complexity index is 621. The Balaban J connectivity index is 1.56. The molecule has 1 aromatic carbocycles. The fourth-order valence-corrected chi connectivity index (χ4v) is 2.81. The molecule has 0 bridgehead atoms. The third-order valence-corrected chi connectivity index (χ3v) is 4.13. The van der Waals surface area contributed by atoms with Crippen molar-refractivity contribution in [2.45, 2.75) is 13.5 Å². The maximum Gasteiger partial charge on any atom is 0.241 e. The van der Waals surface area contributed by atoms with Crippen LogP contribution in [0.25, 0.3) is 11.4 Å². The standard InChI is InChI=1S/C17H24N4O3/c1-2-23-15-5-3-14(4-6-15)17-18-16(24-19-17)13-21-9-7-20(8-10-21)11-12-22/h3-6,22H,2,7-13H2,1H3. The Hall–Kier alpha value is -1.96. The Morgan fingerprint density at radius 2 is 1.83 bits per heavy atom. The van der Waals surface area contributed by atoms with Crippen molar-refractivity contribution in [3.8, 4) is 17.1 Å². The van der Waals surface area contributed by atoms with E-state index in [1.165, 1.54) is 0 Å². The summed E-state index contributed by atoms with van der Waals surface area (Å²) in [6, 6.07) is 7.70. The van der Waals surface area contributed by atoms with Crippen molar-refractivity contribution >= 4 is 0 Å². The van der Waals surface area contributed by atoms with Gasteiger partial charge in [0, 0.05) is 38.3 Å². The smallest absolute Gasteiger partial charge is 0.241 e. The Morgan fingerprint density at radius 1 is 1.12 bits per heavy atom. The molecule has 0 aliphatic carbocycles. The SMILES string of the molecule is CCOc1ccc(-c2noc(CN3CCN(CCO)CC3)n2)cc1. The maximum absolute atomic E-state index is 8.98. The number of aromatic nitrogens is 2. The lowest BCUT2D eigenvalue weighted by Crippen LogP contribution is -2.46. The van der Waals surface area contributed by atoms with Gasteiger partial charge in [0.2, 0.25) is 11.7 Å². The molecule has 2 aromatic rings. The van der Waals surface area contributed by atoms with Gasteiger partial charge in [0.25, 0.3) is 0 Å². The van der Waals surface area contributed by atoms with Gasteiger partial charge in [-0.05, 0) is 31.2 Å². The summed E-state index contributed by atoms with van der Waals surface area (Å²) in [4.78, 5) is 9.05. The monoisotopic (exact) mass is 332 g/mol. The van der Waals surface area contributed by atoms with Gasteiger partial charge in [-0.15, -0.1) is 0 Å². The molecule has 1 aromatic heterocycles. The van der Waals surface area contributed by atoms with Gasteiger partial charge in [0.1, 0.15) is 5.75 Å². The first-order valence-electron chi connectivity index (χ1n) is 8.40. The van der Waals surface area contributed by atoms with Crippen molar-refractivity contribution in [2.75, 3.05) is 45.9 Å². The first-order valence-corrected chi connectivity index (χ1v) is 8.40. The highest BCUT2D eigenvalue weighted by Gasteiger charge is 2.19. The number of aliphatic hydroxyl groups is 1. The highest BCUT2D eigenvalue weighted by atomic mass is 16.5. The van der Waals surface area contributed by atoms with Crippen LogP contribution in [0.3, 0.4) is 0 Å². The Kier molecular flexibility index (Phi) is 5.79. The van der Waals surface area contributed by atoms with Crippen molar-refractivity contribution in [3.05, 3.63) is 30.2 Å². The van der Waals surface area contributed by atoms with Crippen LogP contribution in [0, 0.1) is 0 Å². The molecule has 0 saturated carbocycles. The minimum absolute atomic E-state index is 0.217. The van der Waals surface area contributed by atoms with Gasteiger partial charge in [0.05, 0.1) is 19.8 Å². The zero-order valence-electron chi connectivity index (χ0n) is 14.0. The van der Waals surface area contributed by atoms with E-state index in [-0.39, 0.29) is 6.61 Å². The van der Waals surface area contributed by atoms with Crippen molar-refractivity contribution < 1.29 is 14.4 Å². The molecule has 1 aliphatic rings. The molecule has 2 heterocycles. The third-order valence-electron chi connectivity index (χ3n) is 4.13. The Morgan fingerprint density at radius 3 is 2.50 bits per heavy atom. The van der Waals surface area contributed by atoms with Crippen LogP contribution in [0.15, 0.2) is 28.8 Å². The molecule has 7 nitrogen and oxygen atoms in total. The highest BCUT2D eigenvalue weighted by molar-refractivity contribution is 5.55. The van der Waals surface area contributed by atoms with Crippen LogP contribution in [0.2, 0.25) is 0 Å². The quantitative estimate of drug-likeness (QED) is 0.818. The van der Waals surface area contributed by atoms with Gasteiger partial charge in [-0.1, -0.05) is 5.16 Å². The van der Waals surface area contributed by atoms with E-state index in [2.05, 4.69) is 19.9 Å². The molecule has 7 heteroatoms. The third kappa shape index (κ3) is 4.31. The van der Waals surface area contributed by atoms with E-state index in [1.807, 2.05) is 31.2 Å². The molecule has 0 radical (unpaired) electrons. The lowest BCUT2D eigenvalue weighted by atomic mass is 10.2. The molecule has 0 atom stereocenters. The maximum atomic E-state index is 8.98. The van der Waals surface area contributed by atoms with Gasteiger partial charge in [0.15, 0.2) is 0 Å². The van der Waals surface area contributed by atoms with E-state index in [1.54, 1.807) is 0 Å². The van der Waals surface area contributed by atoms with Crippen LogP contribution < -0.4 is 4.74 Å². The van der Waals surface area contributed by atoms with Crippen LogP contribution in [0.5, 0.6) is 5.75 Å². The normalized spacial score (nSPS) is 16.4. The molecule has 0 unspecified atom stereocenters. The summed E-state index contributed by atoms with van der Waals surface area (Å²) in [5.74, 6) is 2.08. The van der Waals surface area contributed by atoms with Crippen molar-refractivity contribution in [3.63, 3.8) is 0 Å². The van der Waals surface area contributed by atoms with Crippen LogP contribution in [-0.4, -0.2) is 71.0 Å². The minimum atomic E-state index is 0.217. The highest BCUT2D eigenvalue weighted by Crippen LogP contribution is 2.20. The summed E-state index contributed by atoms with van der Waals surface area (Å²) < 4.78 is 10.8. The number of aliphatic hydroxyl groups excluding tert-OH is 1. The van der Waals surface area contributed by atoms with Crippen molar-refractivity contribution in [1.29, 1.82) is 0 Å². The second-order valence-electron chi connectivity index (χ2n) is 5.81. The van der Waals surface area contributed by atoms with E-state index in [0.717, 1.165) is 44.0 Å². The lowest BCUT2D eigenvalue weighted by Gasteiger charge is -2.33. The van der Waals surface area contributed by atoms with Crippen LogP contribution in [0.4, 0.5) is 0 Å². The number of β-amino-alcohol motifs (C(OH)–C–C–N with tert-alkyl or cyclic N) is 1. The summed E-state index contributed by atoms with van der Waals surface area (Å²) >= 11 is 0. The van der Waals surface area contributed by atoms with E-state index in [9.17, 15) is 0 Å². The van der Waals surface area contributed by atoms with E-state index >= 15 is 0 Å². The van der Waals surface area contributed by atoms with Crippen LogP contribution in [0.1, 0.15) is 12.8 Å². The van der Waals surface area contributed by atoms with Crippen LogP contribution in [-0.2, 0) is 6.54 Å². The number of ether oxygens (including phenoxy) is 1. The van der Waals surface area contributed by atoms with Gasteiger partial charge in [-0.25, -0.2) is 0 Å². The van der Waals surface area contributed by atoms with Gasteiger partial charge < -0.3 is 14.4 Å². The number of hydrogen-bond acceptors (Lipinski definition) is 7. The Labute approximate surface area is 141 Å². The molecule has 3 rings (SSSR count). The van der Waals surface area contributed by atoms with E-state index < -0.39 is 0 Å². The second-order valence-corrected chi connectivity index (χ2v) is 5.81. The lowest BCUT2D eigenvalue weighted by molar-refractivity contribution is 0.101. The fraction of sp³-hybridized carbons (Fsp3) is 0.529. The fourth-order valence-electron chi connectivity index (χ4n) is 2.81. The van der Waals surface area contributed by atoms with Crippen LogP contribution >= 0.6 is 0 Å². The number of hydrogen-bond donors (Lipinski definition) is 1. The van der Waals surface area contributed by atoms with Gasteiger partial charge in [-0.2, -0.15) is 4.98 Å². The largest absolute Gasteiger partial charge is 0.494 e. The molecule has 0 amide bonds. The van der Waals surface area contributed by atoms with Crippen molar-refractivity contribution in [1.82, 2.24) is 19.9 Å². The minimum Gasteiger partial charge on any atom is -0.494 e. The first kappa shape index (κ1) is 16.9. The summed E-state index contributed by atoms with van der Waals surface area (Å²) in [5.41, 5.74) is 0.918. The zero-order chi connectivity index (χ0) is 16.8.